The van der Waals surface area contributed by atoms with Gasteiger partial charge in [0.05, 0.1) is 11.0 Å². The Balaban J connectivity index is 2.13. The van der Waals surface area contributed by atoms with Crippen molar-refractivity contribution in [3.8, 4) is 0 Å². The molecule has 2 rings (SSSR count). The van der Waals surface area contributed by atoms with Crippen LogP contribution in [0.25, 0.3) is 0 Å². The van der Waals surface area contributed by atoms with Gasteiger partial charge in [-0.3, -0.25) is 0 Å². The molecule has 0 spiro atoms. The summed E-state index contributed by atoms with van der Waals surface area (Å²) in [4.78, 5) is 0. The lowest BCUT2D eigenvalue weighted by Gasteiger charge is -2.30. The van der Waals surface area contributed by atoms with E-state index in [0.29, 0.717) is 5.75 Å². The van der Waals surface area contributed by atoms with E-state index in [-0.39, 0.29) is 11.3 Å². The molecule has 1 fully saturated rings. The van der Waals surface area contributed by atoms with Crippen LogP contribution in [0.1, 0.15) is 31.7 Å². The molecular weight excluding hydrogens is 266 g/mol. The molecule has 1 aromatic heterocycles. The molecule has 102 valence electrons. The maximum atomic E-state index is 12.2. The number of thiophene rings is 1. The van der Waals surface area contributed by atoms with E-state index in [1.54, 1.807) is 11.3 Å². The van der Waals surface area contributed by atoms with Crippen LogP contribution in [0.5, 0.6) is 0 Å². The molecule has 0 amide bonds. The molecule has 5 heteroatoms. The molecule has 0 radical (unpaired) electrons. The first-order valence-electron chi connectivity index (χ1n) is 6.59. The Bertz CT molecular complexity index is 453. The maximum Gasteiger partial charge on any atom is 0.154 e. The van der Waals surface area contributed by atoms with Crippen molar-refractivity contribution in [3.05, 3.63) is 22.4 Å². The van der Waals surface area contributed by atoms with Crippen LogP contribution >= 0.6 is 11.3 Å². The lowest BCUT2D eigenvalue weighted by molar-refractivity contribution is 0.441. The molecule has 1 aliphatic rings. The molecule has 2 heterocycles. The molecule has 0 aliphatic carbocycles. The van der Waals surface area contributed by atoms with Crippen molar-refractivity contribution in [3.63, 3.8) is 0 Å². The van der Waals surface area contributed by atoms with E-state index in [1.165, 1.54) is 5.56 Å². The van der Waals surface area contributed by atoms with Gasteiger partial charge in [0, 0.05) is 6.04 Å². The summed E-state index contributed by atoms with van der Waals surface area (Å²) in [5, 5.41) is 7.33. The number of sulfone groups is 1. The van der Waals surface area contributed by atoms with Gasteiger partial charge >= 0.3 is 0 Å². The normalized spacial score (nSPS) is 24.8. The summed E-state index contributed by atoms with van der Waals surface area (Å²) in [6.45, 7) is 2.86. The predicted octanol–water partition coefficient (Wildman–Crippen LogP) is 2.24. The summed E-state index contributed by atoms with van der Waals surface area (Å²) >= 11 is 1.67. The van der Waals surface area contributed by atoms with Crippen molar-refractivity contribution in [2.45, 2.75) is 43.9 Å². The van der Waals surface area contributed by atoms with Gasteiger partial charge in [-0.1, -0.05) is 13.3 Å². The van der Waals surface area contributed by atoms with Crippen LogP contribution in [-0.4, -0.2) is 32.0 Å². The molecule has 3 nitrogen and oxygen atoms in total. The number of hydrogen-bond donors (Lipinski definition) is 1. The SMILES string of the molecule is CCNC(Cc1ccsc1)C1CCCCS1(=O)=O. The topological polar surface area (TPSA) is 46.2 Å². The summed E-state index contributed by atoms with van der Waals surface area (Å²) in [6, 6.07) is 2.15. The van der Waals surface area contributed by atoms with Crippen molar-refractivity contribution in [1.82, 2.24) is 5.32 Å². The quantitative estimate of drug-likeness (QED) is 0.903. The fourth-order valence-corrected chi connectivity index (χ4v) is 5.50. The summed E-state index contributed by atoms with van der Waals surface area (Å²) < 4.78 is 24.4. The third-order valence-electron chi connectivity index (χ3n) is 3.58. The van der Waals surface area contributed by atoms with Crippen LogP contribution in [-0.2, 0) is 16.3 Å². The van der Waals surface area contributed by atoms with Crippen molar-refractivity contribution in [1.29, 1.82) is 0 Å². The minimum absolute atomic E-state index is 0.0647. The molecule has 0 saturated carbocycles. The van der Waals surface area contributed by atoms with Crippen LogP contribution in [0.2, 0.25) is 0 Å². The fraction of sp³-hybridized carbons (Fsp3) is 0.692. The maximum absolute atomic E-state index is 12.2. The fourth-order valence-electron chi connectivity index (χ4n) is 2.69. The van der Waals surface area contributed by atoms with E-state index >= 15 is 0 Å². The first-order chi connectivity index (χ1) is 8.63. The zero-order valence-corrected chi connectivity index (χ0v) is 12.4. The van der Waals surface area contributed by atoms with Crippen LogP contribution in [0.15, 0.2) is 16.8 Å². The lowest BCUT2D eigenvalue weighted by Crippen LogP contribution is -2.47. The number of rotatable bonds is 5. The molecule has 1 N–H and O–H groups in total. The lowest BCUT2D eigenvalue weighted by atomic mass is 10.0. The van der Waals surface area contributed by atoms with Crippen molar-refractivity contribution < 1.29 is 8.42 Å². The minimum Gasteiger partial charge on any atom is -0.313 e. The second-order valence-electron chi connectivity index (χ2n) is 4.90. The Morgan fingerprint density at radius 2 is 2.33 bits per heavy atom. The summed E-state index contributed by atoms with van der Waals surface area (Å²) in [5.41, 5.74) is 1.24. The molecule has 2 unspecified atom stereocenters. The van der Waals surface area contributed by atoms with Gasteiger partial charge in [0.1, 0.15) is 0 Å². The molecule has 2 atom stereocenters. The molecule has 0 aromatic carbocycles. The third kappa shape index (κ3) is 3.33. The number of hydrogen-bond acceptors (Lipinski definition) is 4. The van der Waals surface area contributed by atoms with E-state index in [0.717, 1.165) is 32.2 Å². The van der Waals surface area contributed by atoms with Gasteiger partial charge in [0.2, 0.25) is 0 Å². The van der Waals surface area contributed by atoms with Gasteiger partial charge in [-0.15, -0.1) is 0 Å². The zero-order valence-electron chi connectivity index (χ0n) is 10.8. The van der Waals surface area contributed by atoms with Crippen LogP contribution in [0.4, 0.5) is 0 Å². The summed E-state index contributed by atoms with van der Waals surface area (Å²) in [6.07, 6.45) is 3.50. The second-order valence-corrected chi connectivity index (χ2v) is 8.02. The highest BCUT2D eigenvalue weighted by atomic mass is 32.2. The van der Waals surface area contributed by atoms with Crippen LogP contribution < -0.4 is 5.32 Å². The van der Waals surface area contributed by atoms with Gasteiger partial charge < -0.3 is 5.32 Å². The minimum atomic E-state index is -2.91. The molecule has 1 aliphatic heterocycles. The van der Waals surface area contributed by atoms with Crippen molar-refractivity contribution in [2.75, 3.05) is 12.3 Å². The Kier molecular flexibility index (Phi) is 4.81. The van der Waals surface area contributed by atoms with E-state index < -0.39 is 9.84 Å². The zero-order chi connectivity index (χ0) is 13.0. The first kappa shape index (κ1) is 14.0. The van der Waals surface area contributed by atoms with Crippen molar-refractivity contribution in [2.24, 2.45) is 0 Å². The Morgan fingerprint density at radius 3 is 2.94 bits per heavy atom. The monoisotopic (exact) mass is 287 g/mol. The van der Waals surface area contributed by atoms with Gasteiger partial charge in [0.15, 0.2) is 9.84 Å². The highest BCUT2D eigenvalue weighted by molar-refractivity contribution is 7.92. The van der Waals surface area contributed by atoms with Crippen molar-refractivity contribution >= 4 is 21.2 Å². The number of likely N-dealkylation sites (N-methyl/N-ethyl adjacent to an activating group) is 1. The molecular formula is C13H21NO2S2. The molecule has 18 heavy (non-hydrogen) atoms. The second kappa shape index (κ2) is 6.17. The smallest absolute Gasteiger partial charge is 0.154 e. The van der Waals surface area contributed by atoms with E-state index in [1.807, 2.05) is 12.3 Å². The van der Waals surface area contributed by atoms with E-state index in [9.17, 15) is 8.42 Å². The molecule has 1 aromatic rings. The average Bonchev–Trinajstić information content (AvgIpc) is 2.81. The Hall–Kier alpha value is -0.390. The summed E-state index contributed by atoms with van der Waals surface area (Å²) in [7, 11) is -2.91. The van der Waals surface area contributed by atoms with Crippen LogP contribution in [0.3, 0.4) is 0 Å². The van der Waals surface area contributed by atoms with E-state index in [4.69, 9.17) is 0 Å². The largest absolute Gasteiger partial charge is 0.313 e. The predicted molar refractivity (Wildman–Crippen MR) is 76.9 cm³/mol. The van der Waals surface area contributed by atoms with E-state index in [2.05, 4.69) is 16.8 Å². The van der Waals surface area contributed by atoms with Crippen LogP contribution in [0, 0.1) is 0 Å². The highest BCUT2D eigenvalue weighted by Crippen LogP contribution is 2.24. The standard InChI is InChI=1S/C13H21NO2S2/c1-2-14-12(9-11-6-7-17-10-11)13-5-3-4-8-18(13,15)16/h6-7,10,12-14H,2-5,8-9H2,1H3. The molecule has 1 saturated heterocycles. The van der Waals surface area contributed by atoms with Gasteiger partial charge in [0.25, 0.3) is 0 Å². The molecule has 0 bridgehead atoms. The van der Waals surface area contributed by atoms with Gasteiger partial charge in [-0.25, -0.2) is 8.42 Å². The third-order valence-corrected chi connectivity index (χ3v) is 6.66. The number of nitrogens with one attached hydrogen (secondary N) is 1. The Labute approximate surface area is 114 Å². The summed E-state index contributed by atoms with van der Waals surface area (Å²) in [5.74, 6) is 0.364. The highest BCUT2D eigenvalue weighted by Gasteiger charge is 2.35. The average molecular weight is 287 g/mol. The first-order valence-corrected chi connectivity index (χ1v) is 9.25. The van der Waals surface area contributed by atoms with Gasteiger partial charge in [-0.2, -0.15) is 11.3 Å². The van der Waals surface area contributed by atoms with Gasteiger partial charge in [-0.05, 0) is 48.2 Å². The Morgan fingerprint density at radius 1 is 1.50 bits per heavy atom.